The van der Waals surface area contributed by atoms with Crippen LogP contribution in [0.4, 0.5) is 0 Å². The first kappa shape index (κ1) is 22.0. The predicted octanol–water partition coefficient (Wildman–Crippen LogP) is 3.65. The molecule has 29 heavy (non-hydrogen) atoms. The number of carbonyl (C=O) groups excluding carboxylic acids is 2. The van der Waals surface area contributed by atoms with E-state index in [1.54, 1.807) is 17.0 Å². The number of piperidine rings is 2. The van der Waals surface area contributed by atoms with Crippen LogP contribution < -0.4 is 0 Å². The number of fused-ring (bicyclic) bond motifs is 1. The minimum absolute atomic E-state index is 0.0353. The van der Waals surface area contributed by atoms with E-state index >= 15 is 0 Å². The molecule has 1 unspecified atom stereocenters. The monoisotopic (exact) mass is 423 g/mol. The summed E-state index contributed by atoms with van der Waals surface area (Å²) in [5.41, 5.74) is -0.278. The Bertz CT molecular complexity index is 813. The number of nitrogens with zero attached hydrogens (tertiary/aromatic N) is 1. The van der Waals surface area contributed by atoms with Crippen LogP contribution in [0.2, 0.25) is 0 Å². The maximum absolute atomic E-state index is 13.3. The SMILES string of the molecule is CCC1(CC)CC(P(=O)(O)O)C(=O)N2[C@H](c3ccc(C(=O)OC)cc3)CCC[C@@H]21. The number of carbonyl (C=O) groups is 2. The van der Waals surface area contributed by atoms with Gasteiger partial charge in [0.2, 0.25) is 5.91 Å². The maximum Gasteiger partial charge on any atom is 0.337 e. The first-order valence-corrected chi connectivity index (χ1v) is 11.9. The van der Waals surface area contributed by atoms with E-state index in [1.165, 1.54) is 7.11 Å². The van der Waals surface area contributed by atoms with Gasteiger partial charge in [0.1, 0.15) is 5.66 Å². The third kappa shape index (κ3) is 3.88. The van der Waals surface area contributed by atoms with Crippen LogP contribution in [0.5, 0.6) is 0 Å². The Morgan fingerprint density at radius 1 is 1.21 bits per heavy atom. The van der Waals surface area contributed by atoms with Crippen LogP contribution in [-0.2, 0) is 14.1 Å². The van der Waals surface area contributed by atoms with Crippen LogP contribution in [0.25, 0.3) is 0 Å². The Hall–Kier alpha value is -1.69. The summed E-state index contributed by atoms with van der Waals surface area (Å²) in [4.78, 5) is 46.6. The van der Waals surface area contributed by atoms with E-state index < -0.39 is 25.1 Å². The molecule has 0 spiro atoms. The largest absolute Gasteiger partial charge is 0.465 e. The van der Waals surface area contributed by atoms with Crippen molar-refractivity contribution in [2.24, 2.45) is 5.41 Å². The lowest BCUT2D eigenvalue weighted by Crippen LogP contribution is -2.61. The smallest absolute Gasteiger partial charge is 0.337 e. The second kappa shape index (κ2) is 8.21. The predicted molar refractivity (Wildman–Crippen MR) is 108 cm³/mol. The molecule has 0 aliphatic carbocycles. The van der Waals surface area contributed by atoms with Gasteiger partial charge in [-0.1, -0.05) is 26.0 Å². The second-order valence-electron chi connectivity index (χ2n) is 8.20. The zero-order valence-electron chi connectivity index (χ0n) is 17.2. The number of hydrogen-bond donors (Lipinski definition) is 2. The fraction of sp³-hybridized carbons (Fsp3) is 0.619. The number of methoxy groups -OCH3 is 1. The molecule has 2 N–H and O–H groups in total. The lowest BCUT2D eigenvalue weighted by Gasteiger charge is -2.56. The van der Waals surface area contributed by atoms with Crippen LogP contribution in [0.1, 0.15) is 74.3 Å². The molecule has 8 heteroatoms. The van der Waals surface area contributed by atoms with Gasteiger partial charge in [0.05, 0.1) is 18.7 Å². The van der Waals surface area contributed by atoms with E-state index in [9.17, 15) is 23.9 Å². The highest BCUT2D eigenvalue weighted by molar-refractivity contribution is 7.53. The zero-order chi connectivity index (χ0) is 21.4. The summed E-state index contributed by atoms with van der Waals surface area (Å²) in [5, 5.41) is 0. The summed E-state index contributed by atoms with van der Waals surface area (Å²) >= 11 is 0. The maximum atomic E-state index is 13.3. The third-order valence-corrected chi connectivity index (χ3v) is 8.22. The molecular weight excluding hydrogens is 393 g/mol. The molecule has 2 aliphatic heterocycles. The van der Waals surface area contributed by atoms with Gasteiger partial charge < -0.3 is 19.4 Å². The van der Waals surface area contributed by atoms with Crippen LogP contribution in [0, 0.1) is 5.41 Å². The molecule has 1 aromatic rings. The standard InChI is InChI=1S/C21H30NO6P/c1-4-21(5-2)13-17(29(25,26)27)19(23)22-16(7-6-8-18(21)22)14-9-11-15(12-10-14)20(24)28-3/h9-12,16-18H,4-8,13H2,1-3H3,(H2,25,26,27)/t16-,17?,18+/m0/s1. The van der Waals surface area contributed by atoms with Gasteiger partial charge in [-0.15, -0.1) is 0 Å². The van der Waals surface area contributed by atoms with Gasteiger partial charge >= 0.3 is 13.6 Å². The molecular formula is C21H30NO6P. The number of amides is 1. The van der Waals surface area contributed by atoms with Crippen molar-refractivity contribution in [1.29, 1.82) is 0 Å². The van der Waals surface area contributed by atoms with Gasteiger partial charge in [-0.25, -0.2) is 4.79 Å². The molecule has 0 aromatic heterocycles. The molecule has 2 fully saturated rings. The zero-order valence-corrected chi connectivity index (χ0v) is 18.1. The van der Waals surface area contributed by atoms with Gasteiger partial charge in [-0.05, 0) is 61.6 Å². The van der Waals surface area contributed by atoms with Gasteiger partial charge in [0, 0.05) is 6.04 Å². The molecule has 7 nitrogen and oxygen atoms in total. The quantitative estimate of drug-likeness (QED) is 0.553. The highest BCUT2D eigenvalue weighted by Gasteiger charge is 2.56. The van der Waals surface area contributed by atoms with Crippen LogP contribution >= 0.6 is 7.60 Å². The molecule has 0 radical (unpaired) electrons. The van der Waals surface area contributed by atoms with Crippen molar-refractivity contribution in [2.75, 3.05) is 7.11 Å². The van der Waals surface area contributed by atoms with Gasteiger partial charge in [0.15, 0.2) is 0 Å². The fourth-order valence-corrected chi connectivity index (χ4v) is 6.27. The van der Waals surface area contributed by atoms with E-state index in [-0.39, 0.29) is 23.9 Å². The van der Waals surface area contributed by atoms with E-state index in [0.717, 1.165) is 37.7 Å². The van der Waals surface area contributed by atoms with Crippen molar-refractivity contribution < 1.29 is 28.7 Å². The summed E-state index contributed by atoms with van der Waals surface area (Å²) in [7, 11) is -3.24. The molecule has 0 saturated carbocycles. The van der Waals surface area contributed by atoms with Crippen molar-refractivity contribution in [3.05, 3.63) is 35.4 Å². The number of ether oxygens (including phenoxy) is 1. The summed E-state index contributed by atoms with van der Waals surface area (Å²) < 4.78 is 16.9. The topological polar surface area (TPSA) is 104 Å². The summed E-state index contributed by atoms with van der Waals surface area (Å²) in [6.45, 7) is 4.09. The molecule has 2 saturated heterocycles. The van der Waals surface area contributed by atoms with E-state index in [0.29, 0.717) is 5.56 Å². The fourth-order valence-electron chi connectivity index (χ4n) is 5.25. The van der Waals surface area contributed by atoms with Crippen LogP contribution in [-0.4, -0.2) is 45.4 Å². The molecule has 2 heterocycles. The number of hydrogen-bond acceptors (Lipinski definition) is 4. The van der Waals surface area contributed by atoms with Crippen molar-refractivity contribution in [3.63, 3.8) is 0 Å². The Kier molecular flexibility index (Phi) is 6.23. The average Bonchev–Trinajstić information content (AvgIpc) is 2.73. The number of rotatable bonds is 5. The van der Waals surface area contributed by atoms with Crippen molar-refractivity contribution in [1.82, 2.24) is 4.90 Å². The van der Waals surface area contributed by atoms with E-state index in [1.807, 2.05) is 26.0 Å². The molecule has 0 bridgehead atoms. The van der Waals surface area contributed by atoms with Crippen LogP contribution in [0.15, 0.2) is 24.3 Å². The Labute approximate surface area is 171 Å². The Balaban J connectivity index is 2.03. The Morgan fingerprint density at radius 3 is 2.34 bits per heavy atom. The van der Waals surface area contributed by atoms with E-state index in [2.05, 4.69) is 0 Å². The van der Waals surface area contributed by atoms with Crippen molar-refractivity contribution in [3.8, 4) is 0 Å². The van der Waals surface area contributed by atoms with Gasteiger partial charge in [-0.3, -0.25) is 9.36 Å². The lowest BCUT2D eigenvalue weighted by atomic mass is 9.65. The highest BCUT2D eigenvalue weighted by atomic mass is 31.2. The molecule has 1 amide bonds. The second-order valence-corrected chi connectivity index (χ2v) is 10.0. The minimum Gasteiger partial charge on any atom is -0.465 e. The number of benzene rings is 1. The summed E-state index contributed by atoms with van der Waals surface area (Å²) in [5.74, 6) is -0.868. The normalized spacial score (nSPS) is 26.7. The lowest BCUT2D eigenvalue weighted by molar-refractivity contribution is -0.152. The first-order chi connectivity index (χ1) is 13.7. The molecule has 2 aliphatic rings. The molecule has 3 rings (SSSR count). The molecule has 3 atom stereocenters. The summed E-state index contributed by atoms with van der Waals surface area (Å²) in [6.07, 6.45) is 4.29. The highest BCUT2D eigenvalue weighted by Crippen LogP contribution is 2.57. The first-order valence-electron chi connectivity index (χ1n) is 10.2. The number of esters is 1. The van der Waals surface area contributed by atoms with E-state index in [4.69, 9.17) is 4.74 Å². The third-order valence-electron chi connectivity index (χ3n) is 7.00. The molecule has 160 valence electrons. The van der Waals surface area contributed by atoms with Gasteiger partial charge in [0.25, 0.3) is 0 Å². The minimum atomic E-state index is -4.56. The average molecular weight is 423 g/mol. The van der Waals surface area contributed by atoms with Crippen LogP contribution in [0.3, 0.4) is 0 Å². The molecule has 1 aromatic carbocycles. The van der Waals surface area contributed by atoms with Crippen molar-refractivity contribution >= 4 is 19.5 Å². The van der Waals surface area contributed by atoms with Crippen molar-refractivity contribution in [2.45, 2.75) is 70.1 Å². The Morgan fingerprint density at radius 2 is 1.83 bits per heavy atom. The summed E-state index contributed by atoms with van der Waals surface area (Å²) in [6, 6.07) is 6.69. The van der Waals surface area contributed by atoms with Gasteiger partial charge in [-0.2, -0.15) is 0 Å².